The Bertz CT molecular complexity index is 697. The number of piperidine rings is 1. The van der Waals surface area contributed by atoms with Crippen LogP contribution in [0.3, 0.4) is 0 Å². The van der Waals surface area contributed by atoms with Crippen LogP contribution in [0.15, 0.2) is 24.3 Å². The molecule has 1 aliphatic rings. The molecule has 2 aromatic rings. The molecule has 2 atom stereocenters. The maximum absolute atomic E-state index is 12.6. The second-order valence-electron chi connectivity index (χ2n) is 6.06. The van der Waals surface area contributed by atoms with Gasteiger partial charge in [0.15, 0.2) is 0 Å². The molecule has 3 rings (SSSR count). The monoisotopic (exact) mass is 310 g/mol. The average molecular weight is 310 g/mol. The number of carbonyl (C=O) groups excluding carboxylic acids is 1. The van der Waals surface area contributed by atoms with Gasteiger partial charge in [-0.2, -0.15) is 0 Å². The molecule has 0 bridgehead atoms. The van der Waals surface area contributed by atoms with Gasteiger partial charge in [-0.1, -0.05) is 24.5 Å². The van der Waals surface area contributed by atoms with Gasteiger partial charge in [-0.15, -0.1) is 6.42 Å². The third-order valence-electron chi connectivity index (χ3n) is 4.39. The summed E-state index contributed by atoms with van der Waals surface area (Å²) in [7, 11) is 0. The van der Waals surface area contributed by atoms with E-state index in [-0.39, 0.29) is 18.0 Å². The van der Waals surface area contributed by atoms with Crippen LogP contribution in [0.1, 0.15) is 38.1 Å². The molecule has 0 saturated carbocycles. The maximum Gasteiger partial charge on any atom is 0.237 e. The van der Waals surface area contributed by atoms with Crippen molar-refractivity contribution in [3.63, 3.8) is 0 Å². The SMILES string of the molecule is C#CCN1CCCCC1C(=O)NC(C)c1nc2ccccc2[nH]1. The third kappa shape index (κ3) is 3.38. The number of hydrogen-bond acceptors (Lipinski definition) is 3. The molecule has 1 aromatic carbocycles. The van der Waals surface area contributed by atoms with Crippen molar-refractivity contribution in [1.82, 2.24) is 20.2 Å². The predicted molar refractivity (Wildman–Crippen MR) is 90.7 cm³/mol. The number of nitrogens with one attached hydrogen (secondary N) is 2. The van der Waals surface area contributed by atoms with Crippen LogP contribution in [0.25, 0.3) is 11.0 Å². The van der Waals surface area contributed by atoms with Crippen molar-refractivity contribution in [3.8, 4) is 12.3 Å². The summed E-state index contributed by atoms with van der Waals surface area (Å²) in [5.74, 6) is 3.46. The van der Waals surface area contributed by atoms with Crippen LogP contribution in [0.4, 0.5) is 0 Å². The second-order valence-corrected chi connectivity index (χ2v) is 6.06. The van der Waals surface area contributed by atoms with Crippen LogP contribution in [-0.2, 0) is 4.79 Å². The van der Waals surface area contributed by atoms with Gasteiger partial charge in [0.2, 0.25) is 5.91 Å². The van der Waals surface area contributed by atoms with Gasteiger partial charge in [-0.3, -0.25) is 9.69 Å². The lowest BCUT2D eigenvalue weighted by atomic mass is 10.0. The molecule has 2 unspecified atom stereocenters. The van der Waals surface area contributed by atoms with Gasteiger partial charge in [-0.05, 0) is 38.4 Å². The molecule has 5 heteroatoms. The van der Waals surface area contributed by atoms with Crippen LogP contribution >= 0.6 is 0 Å². The van der Waals surface area contributed by atoms with E-state index in [1.54, 1.807) is 0 Å². The number of rotatable bonds is 4. The molecule has 5 nitrogen and oxygen atoms in total. The van der Waals surface area contributed by atoms with E-state index in [1.165, 1.54) is 0 Å². The molecule has 1 fully saturated rings. The van der Waals surface area contributed by atoms with Gasteiger partial charge in [0, 0.05) is 0 Å². The summed E-state index contributed by atoms with van der Waals surface area (Å²) in [4.78, 5) is 22.5. The molecular weight excluding hydrogens is 288 g/mol. The smallest absolute Gasteiger partial charge is 0.237 e. The number of terminal acetylenes is 1. The largest absolute Gasteiger partial charge is 0.345 e. The first-order chi connectivity index (χ1) is 11.2. The number of para-hydroxylation sites is 2. The summed E-state index contributed by atoms with van der Waals surface area (Å²) in [5.41, 5.74) is 1.89. The predicted octanol–water partition coefficient (Wildman–Crippen LogP) is 2.23. The Kier molecular flexibility index (Phi) is 4.63. The molecule has 0 radical (unpaired) electrons. The number of benzene rings is 1. The zero-order chi connectivity index (χ0) is 16.2. The van der Waals surface area contributed by atoms with E-state index in [9.17, 15) is 4.79 Å². The molecule has 1 aliphatic heterocycles. The van der Waals surface area contributed by atoms with Gasteiger partial charge >= 0.3 is 0 Å². The van der Waals surface area contributed by atoms with Crippen molar-refractivity contribution < 1.29 is 4.79 Å². The Hall–Kier alpha value is -2.32. The van der Waals surface area contributed by atoms with E-state index in [1.807, 2.05) is 31.2 Å². The minimum atomic E-state index is -0.162. The summed E-state index contributed by atoms with van der Waals surface area (Å²) in [6.07, 6.45) is 8.45. The van der Waals surface area contributed by atoms with E-state index < -0.39 is 0 Å². The maximum atomic E-state index is 12.6. The van der Waals surface area contributed by atoms with Crippen LogP contribution in [0.2, 0.25) is 0 Å². The number of nitrogens with zero attached hydrogens (tertiary/aromatic N) is 2. The van der Waals surface area contributed by atoms with Crippen molar-refractivity contribution in [3.05, 3.63) is 30.1 Å². The average Bonchev–Trinajstić information content (AvgIpc) is 3.00. The lowest BCUT2D eigenvalue weighted by molar-refractivity contribution is -0.128. The number of aromatic nitrogens is 2. The number of amides is 1. The van der Waals surface area contributed by atoms with E-state index in [2.05, 4.69) is 26.1 Å². The highest BCUT2D eigenvalue weighted by molar-refractivity contribution is 5.82. The topological polar surface area (TPSA) is 61.0 Å². The zero-order valence-electron chi connectivity index (χ0n) is 13.4. The Morgan fingerprint density at radius 1 is 1.52 bits per heavy atom. The van der Waals surface area contributed by atoms with Crippen molar-refractivity contribution in [2.75, 3.05) is 13.1 Å². The van der Waals surface area contributed by atoms with Gasteiger partial charge in [0.1, 0.15) is 5.82 Å². The minimum Gasteiger partial charge on any atom is -0.345 e. The van der Waals surface area contributed by atoms with Crippen molar-refractivity contribution in [1.29, 1.82) is 0 Å². The quantitative estimate of drug-likeness (QED) is 0.851. The van der Waals surface area contributed by atoms with E-state index in [0.717, 1.165) is 42.7 Å². The number of likely N-dealkylation sites (tertiary alicyclic amines) is 1. The Morgan fingerprint density at radius 2 is 2.35 bits per heavy atom. The number of hydrogen-bond donors (Lipinski definition) is 2. The molecule has 2 heterocycles. The summed E-state index contributed by atoms with van der Waals surface area (Å²) >= 11 is 0. The molecule has 1 saturated heterocycles. The normalized spacial score (nSPS) is 20.1. The molecule has 0 aliphatic carbocycles. The standard InChI is InChI=1S/C18H22N4O/c1-3-11-22-12-7-6-10-16(22)18(23)19-13(2)17-20-14-8-4-5-9-15(14)21-17/h1,4-5,8-9,13,16H,6-7,10-12H2,2H3,(H,19,23)(H,20,21). The van der Waals surface area contributed by atoms with Gasteiger partial charge < -0.3 is 10.3 Å². The van der Waals surface area contributed by atoms with Crippen LogP contribution < -0.4 is 5.32 Å². The molecule has 23 heavy (non-hydrogen) atoms. The van der Waals surface area contributed by atoms with Crippen molar-refractivity contribution in [2.45, 2.75) is 38.3 Å². The van der Waals surface area contributed by atoms with Crippen LogP contribution in [0.5, 0.6) is 0 Å². The molecule has 1 amide bonds. The number of aromatic amines is 1. The number of carbonyl (C=O) groups is 1. The Labute approximate surface area is 136 Å². The summed E-state index contributed by atoms with van der Waals surface area (Å²) in [5, 5.41) is 3.07. The minimum absolute atomic E-state index is 0.0351. The highest BCUT2D eigenvalue weighted by Gasteiger charge is 2.29. The number of fused-ring (bicyclic) bond motifs is 1. The first kappa shape index (κ1) is 15.6. The number of H-pyrrole nitrogens is 1. The van der Waals surface area contributed by atoms with Crippen LogP contribution in [0, 0.1) is 12.3 Å². The first-order valence-electron chi connectivity index (χ1n) is 8.11. The van der Waals surface area contributed by atoms with Gasteiger partial charge in [-0.25, -0.2) is 4.98 Å². The summed E-state index contributed by atoms with van der Waals surface area (Å²) in [6.45, 7) is 3.36. The summed E-state index contributed by atoms with van der Waals surface area (Å²) in [6, 6.07) is 7.56. The lowest BCUT2D eigenvalue weighted by Gasteiger charge is -2.33. The third-order valence-corrected chi connectivity index (χ3v) is 4.39. The van der Waals surface area contributed by atoms with Gasteiger partial charge in [0.05, 0.1) is 29.7 Å². The molecule has 1 aromatic heterocycles. The molecule has 2 N–H and O–H groups in total. The lowest BCUT2D eigenvalue weighted by Crippen LogP contribution is -2.50. The fourth-order valence-electron chi connectivity index (χ4n) is 3.15. The molecule has 120 valence electrons. The zero-order valence-corrected chi connectivity index (χ0v) is 13.4. The Balaban J connectivity index is 1.69. The van der Waals surface area contributed by atoms with E-state index in [4.69, 9.17) is 6.42 Å². The van der Waals surface area contributed by atoms with Gasteiger partial charge in [0.25, 0.3) is 0 Å². The molecule has 0 spiro atoms. The van der Waals surface area contributed by atoms with E-state index >= 15 is 0 Å². The Morgan fingerprint density at radius 3 is 3.13 bits per heavy atom. The van der Waals surface area contributed by atoms with Crippen molar-refractivity contribution in [2.24, 2.45) is 0 Å². The summed E-state index contributed by atoms with van der Waals surface area (Å²) < 4.78 is 0. The fraction of sp³-hybridized carbons (Fsp3) is 0.444. The number of imidazole rings is 1. The first-order valence-corrected chi connectivity index (χ1v) is 8.11. The second kappa shape index (κ2) is 6.84. The highest BCUT2D eigenvalue weighted by atomic mass is 16.2. The highest BCUT2D eigenvalue weighted by Crippen LogP contribution is 2.19. The van der Waals surface area contributed by atoms with E-state index in [0.29, 0.717) is 6.54 Å². The molecular formula is C18H22N4O. The van der Waals surface area contributed by atoms with Crippen molar-refractivity contribution >= 4 is 16.9 Å². The van der Waals surface area contributed by atoms with Crippen LogP contribution in [-0.4, -0.2) is 39.9 Å². The fourth-order valence-corrected chi connectivity index (χ4v) is 3.15.